The molecule has 0 aliphatic carbocycles. The SMILES string of the molecule is CCCCCCCCC(=O)NC(CC)C(C(=O)O)[N+](C)(C)C. The highest BCUT2D eigenvalue weighted by molar-refractivity contribution is 5.78. The van der Waals surface area contributed by atoms with Gasteiger partial charge in [-0.15, -0.1) is 0 Å². The fourth-order valence-corrected chi connectivity index (χ4v) is 2.79. The molecule has 5 heteroatoms. The summed E-state index contributed by atoms with van der Waals surface area (Å²) in [6.07, 6.45) is 7.96. The third-order valence-corrected chi connectivity index (χ3v) is 4.01. The first-order valence-electron chi connectivity index (χ1n) is 8.57. The van der Waals surface area contributed by atoms with Gasteiger partial charge in [-0.05, 0) is 12.8 Å². The van der Waals surface area contributed by atoms with E-state index in [2.05, 4.69) is 12.2 Å². The number of likely N-dealkylation sites (N-methyl/N-ethyl adjacent to an activating group) is 1. The lowest BCUT2D eigenvalue weighted by Gasteiger charge is -2.36. The Labute approximate surface area is 135 Å². The molecule has 0 radical (unpaired) electrons. The number of quaternary nitrogens is 1. The second kappa shape index (κ2) is 10.6. The lowest BCUT2D eigenvalue weighted by atomic mass is 10.0. The first kappa shape index (κ1) is 20.9. The number of carboxylic acid groups (broad SMARTS) is 1. The molecule has 2 atom stereocenters. The van der Waals surface area contributed by atoms with Crippen molar-refractivity contribution in [2.75, 3.05) is 21.1 Å². The highest BCUT2D eigenvalue weighted by Crippen LogP contribution is 2.13. The number of unbranched alkanes of at least 4 members (excludes halogenated alkanes) is 5. The van der Waals surface area contributed by atoms with Gasteiger partial charge in [-0.2, -0.15) is 0 Å². The number of nitrogens with zero attached hydrogens (tertiary/aromatic N) is 1. The van der Waals surface area contributed by atoms with Crippen LogP contribution in [0.15, 0.2) is 0 Å². The molecule has 0 saturated heterocycles. The van der Waals surface area contributed by atoms with E-state index >= 15 is 0 Å². The summed E-state index contributed by atoms with van der Waals surface area (Å²) in [6, 6.07) is -0.955. The summed E-state index contributed by atoms with van der Waals surface area (Å²) < 4.78 is 0.297. The average Bonchev–Trinajstić information content (AvgIpc) is 2.39. The first-order chi connectivity index (χ1) is 10.2. The monoisotopic (exact) mass is 315 g/mol. The summed E-state index contributed by atoms with van der Waals surface area (Å²) in [4.78, 5) is 23.6. The van der Waals surface area contributed by atoms with Gasteiger partial charge in [0.15, 0.2) is 0 Å². The summed E-state index contributed by atoms with van der Waals surface area (Å²) in [5.41, 5.74) is 0. The Morgan fingerprint density at radius 2 is 1.55 bits per heavy atom. The number of carboxylic acids is 1. The van der Waals surface area contributed by atoms with E-state index in [0.29, 0.717) is 17.3 Å². The van der Waals surface area contributed by atoms with Crippen molar-refractivity contribution in [2.24, 2.45) is 0 Å². The number of hydrogen-bond acceptors (Lipinski definition) is 2. The van der Waals surface area contributed by atoms with Gasteiger partial charge < -0.3 is 14.9 Å². The molecule has 2 unspecified atom stereocenters. The molecule has 0 rings (SSSR count). The number of amides is 1. The van der Waals surface area contributed by atoms with Crippen LogP contribution >= 0.6 is 0 Å². The maximum atomic E-state index is 12.0. The van der Waals surface area contributed by atoms with E-state index in [1.807, 2.05) is 28.1 Å². The van der Waals surface area contributed by atoms with E-state index in [1.54, 1.807) is 0 Å². The van der Waals surface area contributed by atoms with Crippen LogP contribution in [0.2, 0.25) is 0 Å². The quantitative estimate of drug-likeness (QED) is 0.430. The van der Waals surface area contributed by atoms with Crippen molar-refractivity contribution in [3.8, 4) is 0 Å². The van der Waals surface area contributed by atoms with Crippen LogP contribution in [0.3, 0.4) is 0 Å². The van der Waals surface area contributed by atoms with Gasteiger partial charge >= 0.3 is 5.97 Å². The summed E-state index contributed by atoms with van der Waals surface area (Å²) in [7, 11) is 5.55. The molecule has 0 aliphatic heterocycles. The van der Waals surface area contributed by atoms with Crippen molar-refractivity contribution in [3.05, 3.63) is 0 Å². The first-order valence-corrected chi connectivity index (χ1v) is 8.57. The fraction of sp³-hybridized carbons (Fsp3) is 0.882. The maximum absolute atomic E-state index is 12.0. The number of carbonyl (C=O) groups excluding carboxylic acids is 1. The van der Waals surface area contributed by atoms with Crippen LogP contribution in [0.4, 0.5) is 0 Å². The van der Waals surface area contributed by atoms with Gasteiger partial charge in [-0.25, -0.2) is 4.79 Å². The number of carbonyl (C=O) groups is 2. The fourth-order valence-electron chi connectivity index (χ4n) is 2.79. The zero-order chi connectivity index (χ0) is 17.2. The van der Waals surface area contributed by atoms with Gasteiger partial charge in [0.2, 0.25) is 11.9 Å². The minimum atomic E-state index is -0.862. The Morgan fingerprint density at radius 1 is 1.00 bits per heavy atom. The second-order valence-corrected chi connectivity index (χ2v) is 7.00. The molecule has 5 nitrogen and oxygen atoms in total. The van der Waals surface area contributed by atoms with E-state index in [-0.39, 0.29) is 11.9 Å². The van der Waals surface area contributed by atoms with Crippen LogP contribution in [0, 0.1) is 0 Å². The molecule has 130 valence electrons. The molecule has 0 aromatic carbocycles. The van der Waals surface area contributed by atoms with Crippen molar-refractivity contribution in [1.82, 2.24) is 5.32 Å². The predicted octanol–water partition coefficient (Wildman–Crippen LogP) is 2.79. The highest BCUT2D eigenvalue weighted by atomic mass is 16.4. The third-order valence-electron chi connectivity index (χ3n) is 4.01. The molecular weight excluding hydrogens is 280 g/mol. The van der Waals surface area contributed by atoms with Crippen molar-refractivity contribution in [2.45, 2.75) is 77.3 Å². The Morgan fingerprint density at radius 3 is 2.00 bits per heavy atom. The summed E-state index contributed by atoms with van der Waals surface area (Å²) in [5, 5.41) is 12.4. The minimum Gasteiger partial charge on any atom is -0.477 e. The van der Waals surface area contributed by atoms with E-state index < -0.39 is 12.0 Å². The summed E-state index contributed by atoms with van der Waals surface area (Å²) in [6.45, 7) is 4.10. The second-order valence-electron chi connectivity index (χ2n) is 7.00. The minimum absolute atomic E-state index is 0.0259. The van der Waals surface area contributed by atoms with Gasteiger partial charge in [-0.1, -0.05) is 46.0 Å². The van der Waals surface area contributed by atoms with Crippen molar-refractivity contribution >= 4 is 11.9 Å². The van der Waals surface area contributed by atoms with E-state index in [0.717, 1.165) is 12.8 Å². The Kier molecular flexibility index (Phi) is 10.1. The van der Waals surface area contributed by atoms with Crippen molar-refractivity contribution in [3.63, 3.8) is 0 Å². The summed E-state index contributed by atoms with van der Waals surface area (Å²) in [5.74, 6) is -0.888. The Bertz CT molecular complexity index is 337. The van der Waals surface area contributed by atoms with Crippen LogP contribution in [-0.4, -0.2) is 54.7 Å². The Hall–Kier alpha value is -1.10. The normalized spacial score (nSPS) is 14.4. The molecular formula is C17H35N2O3+. The number of hydrogen-bond donors (Lipinski definition) is 2. The molecule has 0 bridgehead atoms. The molecule has 0 heterocycles. The average molecular weight is 315 g/mol. The zero-order valence-corrected chi connectivity index (χ0v) is 15.0. The summed E-state index contributed by atoms with van der Waals surface area (Å²) >= 11 is 0. The van der Waals surface area contributed by atoms with Gasteiger partial charge in [0.1, 0.15) is 0 Å². The zero-order valence-electron chi connectivity index (χ0n) is 15.0. The maximum Gasteiger partial charge on any atom is 0.364 e. The molecule has 0 aromatic rings. The molecule has 2 N–H and O–H groups in total. The molecule has 0 fully saturated rings. The number of nitrogens with one attached hydrogen (secondary N) is 1. The van der Waals surface area contributed by atoms with Gasteiger partial charge in [0.05, 0.1) is 27.2 Å². The lowest BCUT2D eigenvalue weighted by molar-refractivity contribution is -0.888. The van der Waals surface area contributed by atoms with Crippen LogP contribution in [-0.2, 0) is 9.59 Å². The standard InChI is InChI=1S/C17H34N2O3/c1-6-8-9-10-11-12-13-15(20)18-14(7-2)16(17(21)22)19(3,4)5/h14,16H,6-13H2,1-5H3,(H-,18,20,21,22)/p+1. The van der Waals surface area contributed by atoms with Gasteiger partial charge in [0, 0.05) is 6.42 Å². The Balaban J connectivity index is 4.30. The third kappa shape index (κ3) is 8.37. The van der Waals surface area contributed by atoms with Crippen LogP contribution in [0.25, 0.3) is 0 Å². The van der Waals surface area contributed by atoms with E-state index in [9.17, 15) is 14.7 Å². The molecule has 0 saturated carbocycles. The smallest absolute Gasteiger partial charge is 0.364 e. The van der Waals surface area contributed by atoms with Crippen molar-refractivity contribution in [1.29, 1.82) is 0 Å². The lowest BCUT2D eigenvalue weighted by Crippen LogP contribution is -2.60. The van der Waals surface area contributed by atoms with E-state index in [4.69, 9.17) is 0 Å². The van der Waals surface area contributed by atoms with Crippen LogP contribution in [0.5, 0.6) is 0 Å². The predicted molar refractivity (Wildman–Crippen MR) is 89.7 cm³/mol. The van der Waals surface area contributed by atoms with Crippen molar-refractivity contribution < 1.29 is 19.2 Å². The molecule has 22 heavy (non-hydrogen) atoms. The number of rotatable bonds is 12. The van der Waals surface area contributed by atoms with Crippen LogP contribution < -0.4 is 5.32 Å². The van der Waals surface area contributed by atoms with E-state index in [1.165, 1.54) is 25.7 Å². The van der Waals surface area contributed by atoms with Gasteiger partial charge in [0.25, 0.3) is 0 Å². The topological polar surface area (TPSA) is 66.4 Å². The van der Waals surface area contributed by atoms with Crippen LogP contribution in [0.1, 0.15) is 65.2 Å². The largest absolute Gasteiger partial charge is 0.477 e. The molecule has 0 aliphatic rings. The highest BCUT2D eigenvalue weighted by Gasteiger charge is 2.39. The molecule has 0 aromatic heterocycles. The van der Waals surface area contributed by atoms with Gasteiger partial charge in [-0.3, -0.25) is 4.79 Å². The number of aliphatic carboxylic acids is 1. The molecule has 0 spiro atoms. The molecule has 1 amide bonds.